The van der Waals surface area contributed by atoms with Crippen molar-refractivity contribution in [1.29, 1.82) is 0 Å². The zero-order chi connectivity index (χ0) is 23.4. The monoisotopic (exact) mass is 441 g/mol. The number of hydrogen-bond acceptors (Lipinski definition) is 3. The van der Waals surface area contributed by atoms with Crippen LogP contribution in [0.3, 0.4) is 0 Å². The maximum Gasteiger partial charge on any atom is 0.407 e. The zero-order valence-electron chi connectivity index (χ0n) is 19.5. The Balaban J connectivity index is 1.27. The highest BCUT2D eigenvalue weighted by Crippen LogP contribution is 2.44. The third-order valence-corrected chi connectivity index (χ3v) is 6.06. The molecule has 1 aliphatic rings. The summed E-state index contributed by atoms with van der Waals surface area (Å²) in [6.07, 6.45) is 4.32. The molecule has 0 aromatic heterocycles. The minimum Gasteiger partial charge on any atom is -0.508 e. The second-order valence-corrected chi connectivity index (χ2v) is 9.47. The van der Waals surface area contributed by atoms with Gasteiger partial charge in [0.25, 0.3) is 0 Å². The lowest BCUT2D eigenvalue weighted by molar-refractivity contribution is 0.143. The third-order valence-electron chi connectivity index (χ3n) is 6.06. The molecule has 0 aliphatic heterocycles. The molecule has 1 amide bonds. The van der Waals surface area contributed by atoms with Crippen LogP contribution in [0.25, 0.3) is 17.2 Å². The summed E-state index contributed by atoms with van der Waals surface area (Å²) in [6, 6.07) is 22.2. The van der Waals surface area contributed by atoms with Crippen molar-refractivity contribution in [3.63, 3.8) is 0 Å². The van der Waals surface area contributed by atoms with Gasteiger partial charge in [-0.25, -0.2) is 4.79 Å². The fourth-order valence-electron chi connectivity index (χ4n) is 4.38. The summed E-state index contributed by atoms with van der Waals surface area (Å²) in [6.45, 7) is 7.05. The molecule has 0 atom stereocenters. The number of fused-ring (bicyclic) bond motifs is 3. The van der Waals surface area contributed by atoms with Crippen molar-refractivity contribution in [2.45, 2.75) is 38.5 Å². The molecule has 0 fully saturated rings. The summed E-state index contributed by atoms with van der Waals surface area (Å²) < 4.78 is 5.57. The molecule has 0 saturated heterocycles. The molecule has 170 valence electrons. The van der Waals surface area contributed by atoms with E-state index in [1.165, 1.54) is 22.3 Å². The molecule has 2 N–H and O–H groups in total. The average molecular weight is 442 g/mol. The van der Waals surface area contributed by atoms with E-state index in [1.807, 2.05) is 48.6 Å². The standard InChI is InChI=1S/C29H31NO3/c1-29(2,3)26-18-20(15-16-27(26)31)10-8-9-17-30-28(32)33-19-25-23-13-6-4-11-21(23)22-12-5-7-14-24(22)25/h4-8,10-16,18,25,31H,9,17,19H2,1-3H3,(H,30,32). The van der Waals surface area contributed by atoms with Crippen molar-refractivity contribution in [3.05, 3.63) is 95.1 Å². The van der Waals surface area contributed by atoms with Gasteiger partial charge in [0.2, 0.25) is 0 Å². The van der Waals surface area contributed by atoms with Crippen LogP contribution >= 0.6 is 0 Å². The predicted octanol–water partition coefficient (Wildman–Crippen LogP) is 6.63. The first-order chi connectivity index (χ1) is 15.8. The van der Waals surface area contributed by atoms with Gasteiger partial charge < -0.3 is 15.2 Å². The van der Waals surface area contributed by atoms with Gasteiger partial charge in [0.1, 0.15) is 12.4 Å². The van der Waals surface area contributed by atoms with Crippen LogP contribution in [0.5, 0.6) is 5.75 Å². The Morgan fingerprint density at radius 1 is 1.00 bits per heavy atom. The van der Waals surface area contributed by atoms with Gasteiger partial charge in [-0.15, -0.1) is 0 Å². The summed E-state index contributed by atoms with van der Waals surface area (Å²) in [5.74, 6) is 0.381. The fourth-order valence-corrected chi connectivity index (χ4v) is 4.38. The number of benzene rings is 3. The summed E-state index contributed by atoms with van der Waals surface area (Å²) in [5.41, 5.74) is 6.67. The van der Waals surface area contributed by atoms with Gasteiger partial charge in [0.05, 0.1) is 0 Å². The molecular weight excluding hydrogens is 410 g/mol. The van der Waals surface area contributed by atoms with Crippen molar-refractivity contribution in [2.24, 2.45) is 0 Å². The van der Waals surface area contributed by atoms with Gasteiger partial charge in [-0.1, -0.05) is 87.5 Å². The quantitative estimate of drug-likeness (QED) is 0.422. The molecule has 0 radical (unpaired) electrons. The third kappa shape index (κ3) is 5.11. The number of phenolic OH excluding ortho intramolecular Hbond substituents is 1. The second-order valence-electron chi connectivity index (χ2n) is 9.47. The van der Waals surface area contributed by atoms with Crippen molar-refractivity contribution < 1.29 is 14.6 Å². The SMILES string of the molecule is CC(C)(C)c1cc(C=CCCNC(=O)OCC2c3ccccc3-c3ccccc32)ccc1O. The number of phenols is 1. The van der Waals surface area contributed by atoms with Crippen LogP contribution in [0.1, 0.15) is 55.4 Å². The zero-order valence-corrected chi connectivity index (χ0v) is 19.5. The van der Waals surface area contributed by atoms with E-state index in [0.717, 1.165) is 11.1 Å². The molecular formula is C29H31NO3. The van der Waals surface area contributed by atoms with Crippen LogP contribution in [-0.2, 0) is 10.2 Å². The Kier molecular flexibility index (Phi) is 6.55. The van der Waals surface area contributed by atoms with Gasteiger partial charge in [0, 0.05) is 12.5 Å². The van der Waals surface area contributed by atoms with Crippen molar-refractivity contribution in [2.75, 3.05) is 13.2 Å². The number of hydrogen-bond donors (Lipinski definition) is 2. The summed E-state index contributed by atoms with van der Waals surface area (Å²) in [4.78, 5) is 12.3. The number of aromatic hydroxyl groups is 1. The molecule has 0 saturated carbocycles. The van der Waals surface area contributed by atoms with Crippen molar-refractivity contribution in [1.82, 2.24) is 5.32 Å². The number of rotatable bonds is 6. The first-order valence-corrected chi connectivity index (χ1v) is 11.4. The van der Waals surface area contributed by atoms with Gasteiger partial charge in [-0.3, -0.25) is 0 Å². The van der Waals surface area contributed by atoms with E-state index >= 15 is 0 Å². The van der Waals surface area contributed by atoms with Crippen molar-refractivity contribution in [3.8, 4) is 16.9 Å². The average Bonchev–Trinajstić information content (AvgIpc) is 3.11. The van der Waals surface area contributed by atoms with E-state index in [2.05, 4.69) is 50.4 Å². The Hall–Kier alpha value is -3.53. The van der Waals surface area contributed by atoms with Gasteiger partial charge in [0.15, 0.2) is 0 Å². The molecule has 3 aromatic carbocycles. The van der Waals surface area contributed by atoms with E-state index < -0.39 is 6.09 Å². The number of nitrogens with one attached hydrogen (secondary N) is 1. The van der Waals surface area contributed by atoms with Crippen LogP contribution < -0.4 is 5.32 Å². The van der Waals surface area contributed by atoms with E-state index in [0.29, 0.717) is 25.3 Å². The summed E-state index contributed by atoms with van der Waals surface area (Å²) in [7, 11) is 0. The summed E-state index contributed by atoms with van der Waals surface area (Å²) >= 11 is 0. The lowest BCUT2D eigenvalue weighted by atomic mass is 9.85. The molecule has 4 nitrogen and oxygen atoms in total. The molecule has 3 aromatic rings. The topological polar surface area (TPSA) is 58.6 Å². The minimum atomic E-state index is -0.398. The maximum absolute atomic E-state index is 12.3. The molecule has 0 unspecified atom stereocenters. The molecule has 4 heteroatoms. The lowest BCUT2D eigenvalue weighted by Gasteiger charge is -2.20. The van der Waals surface area contributed by atoms with E-state index in [1.54, 1.807) is 6.07 Å². The second kappa shape index (κ2) is 9.53. The highest BCUT2D eigenvalue weighted by molar-refractivity contribution is 5.79. The molecule has 1 aliphatic carbocycles. The van der Waals surface area contributed by atoms with Crippen LogP contribution in [0, 0.1) is 0 Å². The number of carbonyl (C=O) groups excluding carboxylic acids is 1. The number of ether oxygens (including phenoxy) is 1. The predicted molar refractivity (Wildman–Crippen MR) is 134 cm³/mol. The molecule has 0 bridgehead atoms. The lowest BCUT2D eigenvalue weighted by Crippen LogP contribution is -2.26. The Morgan fingerprint density at radius 3 is 2.27 bits per heavy atom. The molecule has 4 rings (SSSR count). The van der Waals surface area contributed by atoms with Crippen LogP contribution in [0.15, 0.2) is 72.8 Å². The molecule has 33 heavy (non-hydrogen) atoms. The summed E-state index contributed by atoms with van der Waals surface area (Å²) in [5, 5.41) is 12.9. The van der Waals surface area contributed by atoms with Gasteiger partial charge in [-0.05, 0) is 57.3 Å². The maximum atomic E-state index is 12.3. The van der Waals surface area contributed by atoms with Gasteiger partial charge >= 0.3 is 6.09 Å². The Morgan fingerprint density at radius 2 is 1.64 bits per heavy atom. The highest BCUT2D eigenvalue weighted by atomic mass is 16.5. The normalized spacial score (nSPS) is 13.1. The van der Waals surface area contributed by atoms with E-state index in [9.17, 15) is 9.90 Å². The Labute approximate surface area is 195 Å². The largest absolute Gasteiger partial charge is 0.508 e. The van der Waals surface area contributed by atoms with Crippen molar-refractivity contribution >= 4 is 12.2 Å². The van der Waals surface area contributed by atoms with E-state index in [-0.39, 0.29) is 11.3 Å². The molecule has 0 spiro atoms. The van der Waals surface area contributed by atoms with E-state index in [4.69, 9.17) is 4.74 Å². The number of alkyl carbamates (subject to hydrolysis) is 1. The van der Waals surface area contributed by atoms with Crippen LogP contribution in [0.2, 0.25) is 0 Å². The van der Waals surface area contributed by atoms with Crippen LogP contribution in [-0.4, -0.2) is 24.4 Å². The number of carbonyl (C=O) groups is 1. The smallest absolute Gasteiger partial charge is 0.407 e. The first-order valence-electron chi connectivity index (χ1n) is 11.4. The Bertz CT molecular complexity index is 1130. The van der Waals surface area contributed by atoms with Crippen LogP contribution in [0.4, 0.5) is 4.79 Å². The first kappa shape index (κ1) is 22.7. The highest BCUT2D eigenvalue weighted by Gasteiger charge is 2.28. The minimum absolute atomic E-state index is 0.0644. The van der Waals surface area contributed by atoms with Gasteiger partial charge in [-0.2, -0.15) is 0 Å². The number of amides is 1. The molecule has 0 heterocycles. The fraction of sp³-hybridized carbons (Fsp3) is 0.276.